The summed E-state index contributed by atoms with van der Waals surface area (Å²) >= 11 is 0. The predicted molar refractivity (Wildman–Crippen MR) is 131 cm³/mol. The van der Waals surface area contributed by atoms with Gasteiger partial charge in [-0.15, -0.1) is 0 Å². The molecule has 7 heteroatoms. The number of rotatable bonds is 5. The first-order valence-corrected chi connectivity index (χ1v) is 12.0. The van der Waals surface area contributed by atoms with Crippen LogP contribution in [-0.4, -0.2) is 50.9 Å². The average molecular weight is 460 g/mol. The van der Waals surface area contributed by atoms with Crippen molar-refractivity contribution in [1.29, 1.82) is 0 Å². The van der Waals surface area contributed by atoms with Gasteiger partial charge in [-0.05, 0) is 69.3 Å². The topological polar surface area (TPSA) is 71.5 Å². The molecule has 1 aliphatic heterocycles. The van der Waals surface area contributed by atoms with Crippen LogP contribution in [0.1, 0.15) is 58.2 Å². The van der Waals surface area contributed by atoms with Gasteiger partial charge in [-0.2, -0.15) is 0 Å². The third-order valence-corrected chi connectivity index (χ3v) is 6.00. The summed E-state index contributed by atoms with van der Waals surface area (Å²) in [6, 6.07) is 18.0. The summed E-state index contributed by atoms with van der Waals surface area (Å²) in [4.78, 5) is 30.9. The average Bonchev–Trinajstić information content (AvgIpc) is 2.83. The van der Waals surface area contributed by atoms with Crippen LogP contribution in [0.5, 0.6) is 0 Å². The van der Waals surface area contributed by atoms with Gasteiger partial charge in [-0.1, -0.05) is 24.6 Å². The molecule has 0 spiro atoms. The maximum atomic E-state index is 11.9. The predicted octanol–water partition coefficient (Wildman–Crippen LogP) is 4.15. The zero-order chi connectivity index (χ0) is 23.8. The zero-order valence-corrected chi connectivity index (χ0v) is 20.1. The van der Waals surface area contributed by atoms with Crippen LogP contribution in [0.25, 0.3) is 0 Å². The van der Waals surface area contributed by atoms with E-state index in [9.17, 15) is 4.79 Å². The molecule has 2 bridgehead atoms. The van der Waals surface area contributed by atoms with Gasteiger partial charge >= 0.3 is 5.97 Å². The van der Waals surface area contributed by atoms with Crippen LogP contribution in [0.4, 0.5) is 0 Å². The maximum Gasteiger partial charge on any atom is 0.356 e. The van der Waals surface area contributed by atoms with E-state index in [2.05, 4.69) is 45.1 Å². The number of nitrogens with zero attached hydrogens (tertiary/aromatic N) is 5. The lowest BCUT2D eigenvalue weighted by atomic mass is 10.1. The fourth-order valence-corrected chi connectivity index (χ4v) is 4.37. The highest BCUT2D eigenvalue weighted by atomic mass is 16.5. The number of ether oxygens (including phenoxy) is 1. The van der Waals surface area contributed by atoms with E-state index in [1.165, 1.54) is 7.11 Å². The summed E-state index contributed by atoms with van der Waals surface area (Å²) in [5, 5.41) is 0. The SMILES string of the molecule is COC(=O)c1cccc(CN2CCCCCN(Cc3cccc(C)n3)Cc3cccc(n3)C2)n1. The standard InChI is InChI=1S/C27H33N5O2/c1-21-9-6-10-22(28-21)17-31-15-4-3-5-16-32(19-24-12-7-11-23(18-31)29-24)20-25-13-8-14-26(30-25)27(33)34-2/h6-14H,3-5,15-20H2,1-2H3. The molecule has 1 aliphatic rings. The second-order valence-corrected chi connectivity index (χ2v) is 8.88. The molecule has 0 saturated carbocycles. The normalized spacial score (nSPS) is 15.8. The van der Waals surface area contributed by atoms with Gasteiger partial charge in [0.2, 0.25) is 0 Å². The van der Waals surface area contributed by atoms with Gasteiger partial charge in [0.05, 0.1) is 29.9 Å². The van der Waals surface area contributed by atoms with E-state index in [1.54, 1.807) is 6.07 Å². The van der Waals surface area contributed by atoms with Crippen molar-refractivity contribution in [3.8, 4) is 0 Å². The first-order valence-electron chi connectivity index (χ1n) is 12.0. The Hall–Kier alpha value is -3.16. The Labute approximate surface area is 201 Å². The lowest BCUT2D eigenvalue weighted by molar-refractivity contribution is 0.0593. The van der Waals surface area contributed by atoms with Gasteiger partial charge in [-0.3, -0.25) is 19.8 Å². The number of fused-ring (bicyclic) bond motifs is 2. The molecule has 34 heavy (non-hydrogen) atoms. The van der Waals surface area contributed by atoms with Gasteiger partial charge in [-0.25, -0.2) is 9.78 Å². The Bertz CT molecular complexity index is 1100. The number of carbonyl (C=O) groups excluding carboxylic acids is 1. The molecule has 0 atom stereocenters. The molecule has 0 radical (unpaired) electrons. The second kappa shape index (κ2) is 11.8. The van der Waals surface area contributed by atoms with Crippen molar-refractivity contribution in [1.82, 2.24) is 24.8 Å². The molecule has 0 saturated heterocycles. The molecule has 0 aromatic carbocycles. The summed E-state index contributed by atoms with van der Waals surface area (Å²) in [6.07, 6.45) is 3.40. The third kappa shape index (κ3) is 6.92. The number of methoxy groups -OCH3 is 1. The summed E-state index contributed by atoms with van der Waals surface area (Å²) < 4.78 is 4.82. The van der Waals surface area contributed by atoms with Crippen molar-refractivity contribution >= 4 is 5.97 Å². The van der Waals surface area contributed by atoms with Crippen molar-refractivity contribution in [3.05, 3.63) is 88.8 Å². The van der Waals surface area contributed by atoms with E-state index in [1.807, 2.05) is 25.1 Å². The number of hydrogen-bond acceptors (Lipinski definition) is 7. The Kier molecular flexibility index (Phi) is 8.33. The summed E-state index contributed by atoms with van der Waals surface area (Å²) in [7, 11) is 1.38. The van der Waals surface area contributed by atoms with Crippen LogP contribution in [0.15, 0.2) is 54.6 Å². The number of carbonyl (C=O) groups is 1. The van der Waals surface area contributed by atoms with E-state index in [0.717, 1.165) is 80.5 Å². The first kappa shape index (κ1) is 24.0. The third-order valence-electron chi connectivity index (χ3n) is 6.00. The van der Waals surface area contributed by atoms with Crippen molar-refractivity contribution in [2.75, 3.05) is 20.2 Å². The molecule has 4 rings (SSSR count). The van der Waals surface area contributed by atoms with Gasteiger partial charge in [0.15, 0.2) is 0 Å². The minimum Gasteiger partial charge on any atom is -0.464 e. The highest BCUT2D eigenvalue weighted by molar-refractivity contribution is 5.87. The Balaban J connectivity index is 1.48. The van der Waals surface area contributed by atoms with Crippen LogP contribution in [-0.2, 0) is 30.9 Å². The van der Waals surface area contributed by atoms with Crippen molar-refractivity contribution in [3.63, 3.8) is 0 Å². The molecule has 0 N–H and O–H groups in total. The number of aromatic nitrogens is 3. The quantitative estimate of drug-likeness (QED) is 0.531. The van der Waals surface area contributed by atoms with E-state index in [-0.39, 0.29) is 0 Å². The van der Waals surface area contributed by atoms with Crippen molar-refractivity contribution in [2.24, 2.45) is 0 Å². The first-order chi connectivity index (χ1) is 16.6. The van der Waals surface area contributed by atoms with E-state index >= 15 is 0 Å². The Morgan fingerprint density at radius 3 is 2.00 bits per heavy atom. The van der Waals surface area contributed by atoms with Gasteiger partial charge in [0.25, 0.3) is 0 Å². The molecule has 0 unspecified atom stereocenters. The fraction of sp³-hybridized carbons (Fsp3) is 0.407. The molecule has 0 aliphatic carbocycles. The molecule has 4 heterocycles. The number of hydrogen-bond donors (Lipinski definition) is 0. The Morgan fingerprint density at radius 1 is 0.794 bits per heavy atom. The molecular weight excluding hydrogens is 426 g/mol. The van der Waals surface area contributed by atoms with Crippen LogP contribution in [0.3, 0.4) is 0 Å². The van der Waals surface area contributed by atoms with E-state index in [4.69, 9.17) is 14.7 Å². The van der Waals surface area contributed by atoms with Crippen LogP contribution < -0.4 is 0 Å². The van der Waals surface area contributed by atoms with Gasteiger partial charge in [0, 0.05) is 31.9 Å². The van der Waals surface area contributed by atoms with Crippen LogP contribution in [0, 0.1) is 6.92 Å². The molecule has 7 nitrogen and oxygen atoms in total. The van der Waals surface area contributed by atoms with E-state index < -0.39 is 5.97 Å². The lowest BCUT2D eigenvalue weighted by Gasteiger charge is -2.25. The monoisotopic (exact) mass is 459 g/mol. The minimum absolute atomic E-state index is 0.345. The highest BCUT2D eigenvalue weighted by Gasteiger charge is 2.15. The second-order valence-electron chi connectivity index (χ2n) is 8.88. The fourth-order valence-electron chi connectivity index (χ4n) is 4.37. The van der Waals surface area contributed by atoms with Gasteiger partial charge < -0.3 is 4.74 Å². The van der Waals surface area contributed by atoms with Crippen LogP contribution >= 0.6 is 0 Å². The molecule has 178 valence electrons. The molecule has 0 fully saturated rings. The lowest BCUT2D eigenvalue weighted by Crippen LogP contribution is -2.28. The summed E-state index contributed by atoms with van der Waals surface area (Å²) in [5.41, 5.74) is 5.50. The summed E-state index contributed by atoms with van der Waals surface area (Å²) in [6.45, 7) is 7.07. The highest BCUT2D eigenvalue weighted by Crippen LogP contribution is 2.15. The molecule has 3 aromatic heterocycles. The maximum absolute atomic E-state index is 11.9. The molecule has 0 amide bonds. The smallest absolute Gasteiger partial charge is 0.356 e. The Morgan fingerprint density at radius 2 is 1.38 bits per heavy atom. The largest absolute Gasteiger partial charge is 0.464 e. The number of aryl methyl sites for hydroxylation is 1. The molecule has 3 aromatic rings. The van der Waals surface area contributed by atoms with Gasteiger partial charge in [0.1, 0.15) is 5.69 Å². The number of pyridine rings is 3. The van der Waals surface area contributed by atoms with E-state index in [0.29, 0.717) is 12.2 Å². The number of esters is 1. The zero-order valence-electron chi connectivity index (χ0n) is 20.1. The summed E-state index contributed by atoms with van der Waals surface area (Å²) in [5.74, 6) is -0.407. The van der Waals surface area contributed by atoms with Crippen LogP contribution in [0.2, 0.25) is 0 Å². The molecular formula is C27H33N5O2. The van der Waals surface area contributed by atoms with Crippen molar-refractivity contribution in [2.45, 2.75) is 52.4 Å². The van der Waals surface area contributed by atoms with Crippen molar-refractivity contribution < 1.29 is 9.53 Å². The minimum atomic E-state index is -0.407.